The molecule has 0 aliphatic carbocycles. The van der Waals surface area contributed by atoms with E-state index in [-0.39, 0.29) is 10.6 Å². The molecule has 0 amide bonds. The van der Waals surface area contributed by atoms with Crippen molar-refractivity contribution in [1.29, 1.82) is 0 Å². The zero-order valence-electron chi connectivity index (χ0n) is 9.96. The normalized spacial score (nSPS) is 12.4. The van der Waals surface area contributed by atoms with Crippen molar-refractivity contribution >= 4 is 27.5 Å². The van der Waals surface area contributed by atoms with Crippen molar-refractivity contribution < 1.29 is 4.39 Å². The van der Waals surface area contributed by atoms with E-state index in [4.69, 9.17) is 11.6 Å². The molecule has 0 saturated carbocycles. The SMILES string of the molecule is Cc1cccc(C(Br)Cc2ccc(Cl)cc2)c1F. The molecule has 2 aromatic rings. The largest absolute Gasteiger partial charge is 0.206 e. The Labute approximate surface area is 120 Å². The van der Waals surface area contributed by atoms with Crippen LogP contribution in [0.15, 0.2) is 42.5 Å². The molecule has 0 spiro atoms. The number of alkyl halides is 1. The lowest BCUT2D eigenvalue weighted by Gasteiger charge is -2.12. The summed E-state index contributed by atoms with van der Waals surface area (Å²) in [4.78, 5) is -0.0291. The van der Waals surface area contributed by atoms with E-state index in [9.17, 15) is 4.39 Å². The monoisotopic (exact) mass is 326 g/mol. The van der Waals surface area contributed by atoms with Gasteiger partial charge in [0.05, 0.1) is 0 Å². The van der Waals surface area contributed by atoms with Gasteiger partial charge in [0, 0.05) is 15.4 Å². The smallest absolute Gasteiger partial charge is 0.130 e. The molecule has 94 valence electrons. The summed E-state index contributed by atoms with van der Waals surface area (Å²) in [6, 6.07) is 13.1. The third kappa shape index (κ3) is 3.12. The first-order valence-corrected chi connectivity index (χ1v) is 7.01. The fourth-order valence-corrected chi connectivity index (χ4v) is 2.70. The lowest BCUT2D eigenvalue weighted by molar-refractivity contribution is 0.599. The minimum absolute atomic E-state index is 0.0291. The van der Waals surface area contributed by atoms with Crippen molar-refractivity contribution in [3.8, 4) is 0 Å². The van der Waals surface area contributed by atoms with Crippen LogP contribution in [0.25, 0.3) is 0 Å². The summed E-state index contributed by atoms with van der Waals surface area (Å²) in [6.45, 7) is 1.78. The summed E-state index contributed by atoms with van der Waals surface area (Å²) in [5, 5.41) is 0.714. The Balaban J connectivity index is 2.19. The van der Waals surface area contributed by atoms with Gasteiger partial charge in [-0.3, -0.25) is 0 Å². The van der Waals surface area contributed by atoms with E-state index in [1.54, 1.807) is 13.0 Å². The van der Waals surface area contributed by atoms with Crippen LogP contribution in [-0.4, -0.2) is 0 Å². The van der Waals surface area contributed by atoms with Crippen molar-refractivity contribution in [3.05, 3.63) is 70.0 Å². The number of hydrogen-bond acceptors (Lipinski definition) is 0. The topological polar surface area (TPSA) is 0 Å². The molecule has 0 N–H and O–H groups in total. The van der Waals surface area contributed by atoms with Crippen LogP contribution in [-0.2, 0) is 6.42 Å². The van der Waals surface area contributed by atoms with Crippen LogP contribution in [0.4, 0.5) is 4.39 Å². The van der Waals surface area contributed by atoms with E-state index in [1.807, 2.05) is 36.4 Å². The van der Waals surface area contributed by atoms with Crippen molar-refractivity contribution in [2.45, 2.75) is 18.2 Å². The van der Waals surface area contributed by atoms with Gasteiger partial charge in [-0.2, -0.15) is 0 Å². The van der Waals surface area contributed by atoms with Gasteiger partial charge in [0.15, 0.2) is 0 Å². The molecule has 1 atom stereocenters. The molecule has 0 radical (unpaired) electrons. The van der Waals surface area contributed by atoms with Gasteiger partial charge in [-0.25, -0.2) is 4.39 Å². The lowest BCUT2D eigenvalue weighted by atomic mass is 10.0. The van der Waals surface area contributed by atoms with E-state index >= 15 is 0 Å². The average Bonchev–Trinajstić information content (AvgIpc) is 2.35. The van der Waals surface area contributed by atoms with Crippen LogP contribution in [0, 0.1) is 12.7 Å². The van der Waals surface area contributed by atoms with Gasteiger partial charge in [0.1, 0.15) is 5.82 Å². The Kier molecular flexibility index (Phi) is 4.41. The standard InChI is InChI=1S/C15H13BrClF/c1-10-3-2-4-13(15(10)18)14(16)9-11-5-7-12(17)8-6-11/h2-8,14H,9H2,1H3. The molecule has 0 aromatic heterocycles. The Morgan fingerprint density at radius 2 is 1.83 bits per heavy atom. The van der Waals surface area contributed by atoms with Gasteiger partial charge in [-0.1, -0.05) is 57.9 Å². The fraction of sp³-hybridized carbons (Fsp3) is 0.200. The molecule has 2 rings (SSSR count). The van der Waals surface area contributed by atoms with Gasteiger partial charge >= 0.3 is 0 Å². The quantitative estimate of drug-likeness (QED) is 0.656. The van der Waals surface area contributed by atoms with E-state index in [1.165, 1.54) is 0 Å². The van der Waals surface area contributed by atoms with E-state index in [0.717, 1.165) is 12.0 Å². The maximum absolute atomic E-state index is 14.0. The third-order valence-corrected chi connectivity index (χ3v) is 3.96. The minimum Gasteiger partial charge on any atom is -0.206 e. The van der Waals surface area contributed by atoms with E-state index < -0.39 is 0 Å². The molecule has 18 heavy (non-hydrogen) atoms. The molecule has 0 aliphatic heterocycles. The molecule has 0 heterocycles. The summed E-state index contributed by atoms with van der Waals surface area (Å²) in [5.41, 5.74) is 2.50. The number of rotatable bonds is 3. The van der Waals surface area contributed by atoms with Gasteiger partial charge in [0.25, 0.3) is 0 Å². The molecule has 0 nitrogen and oxygen atoms in total. The van der Waals surface area contributed by atoms with Crippen LogP contribution in [0.2, 0.25) is 5.02 Å². The Hall–Kier alpha value is -0.860. The zero-order valence-corrected chi connectivity index (χ0v) is 12.3. The molecule has 0 bridgehead atoms. The van der Waals surface area contributed by atoms with Gasteiger partial charge in [-0.05, 0) is 36.6 Å². The van der Waals surface area contributed by atoms with Crippen molar-refractivity contribution in [1.82, 2.24) is 0 Å². The third-order valence-electron chi connectivity index (χ3n) is 2.89. The summed E-state index contributed by atoms with van der Waals surface area (Å²) in [6.07, 6.45) is 0.734. The second-order valence-electron chi connectivity index (χ2n) is 4.28. The minimum atomic E-state index is -0.131. The highest BCUT2D eigenvalue weighted by Gasteiger charge is 2.14. The first kappa shape index (κ1) is 13.6. The second kappa shape index (κ2) is 5.85. The first-order valence-electron chi connectivity index (χ1n) is 5.71. The number of halogens is 3. The van der Waals surface area contributed by atoms with Gasteiger partial charge in [-0.15, -0.1) is 0 Å². The van der Waals surface area contributed by atoms with Crippen molar-refractivity contribution in [3.63, 3.8) is 0 Å². The van der Waals surface area contributed by atoms with Crippen LogP contribution in [0.5, 0.6) is 0 Å². The Morgan fingerprint density at radius 3 is 2.50 bits per heavy atom. The summed E-state index contributed by atoms with van der Waals surface area (Å²) in [7, 11) is 0. The maximum Gasteiger partial charge on any atom is 0.130 e. The second-order valence-corrected chi connectivity index (χ2v) is 5.82. The Morgan fingerprint density at radius 1 is 1.17 bits per heavy atom. The molecular weight excluding hydrogens is 315 g/mol. The zero-order chi connectivity index (χ0) is 13.1. The highest BCUT2D eigenvalue weighted by molar-refractivity contribution is 9.09. The van der Waals surface area contributed by atoms with Crippen molar-refractivity contribution in [2.24, 2.45) is 0 Å². The van der Waals surface area contributed by atoms with Crippen LogP contribution in [0.3, 0.4) is 0 Å². The molecule has 3 heteroatoms. The molecule has 0 saturated heterocycles. The molecule has 1 unspecified atom stereocenters. The predicted molar refractivity (Wildman–Crippen MR) is 78.0 cm³/mol. The van der Waals surface area contributed by atoms with Crippen LogP contribution >= 0.6 is 27.5 Å². The summed E-state index contributed by atoms with van der Waals surface area (Å²) >= 11 is 9.39. The Bertz CT molecular complexity index is 537. The number of benzene rings is 2. The first-order chi connectivity index (χ1) is 8.58. The van der Waals surface area contributed by atoms with Gasteiger partial charge in [0.2, 0.25) is 0 Å². The molecule has 0 aliphatic rings. The number of hydrogen-bond donors (Lipinski definition) is 0. The van der Waals surface area contributed by atoms with E-state index in [2.05, 4.69) is 15.9 Å². The maximum atomic E-state index is 14.0. The highest BCUT2D eigenvalue weighted by atomic mass is 79.9. The van der Waals surface area contributed by atoms with Crippen molar-refractivity contribution in [2.75, 3.05) is 0 Å². The molecular formula is C15H13BrClF. The van der Waals surface area contributed by atoms with Gasteiger partial charge < -0.3 is 0 Å². The fourth-order valence-electron chi connectivity index (χ4n) is 1.85. The van der Waals surface area contributed by atoms with Crippen LogP contribution in [0.1, 0.15) is 21.5 Å². The molecule has 2 aromatic carbocycles. The van der Waals surface area contributed by atoms with E-state index in [0.29, 0.717) is 16.1 Å². The van der Waals surface area contributed by atoms with Crippen LogP contribution < -0.4 is 0 Å². The lowest BCUT2D eigenvalue weighted by Crippen LogP contribution is -2.00. The summed E-state index contributed by atoms with van der Waals surface area (Å²) in [5.74, 6) is -0.131. The highest BCUT2D eigenvalue weighted by Crippen LogP contribution is 2.30. The average molecular weight is 328 g/mol. The summed E-state index contributed by atoms with van der Waals surface area (Å²) < 4.78 is 14.0. The number of aryl methyl sites for hydroxylation is 1. The predicted octanol–water partition coefficient (Wildman–Crippen LogP) is 5.47. The molecule has 0 fully saturated rings.